The van der Waals surface area contributed by atoms with Crippen LogP contribution in [0.2, 0.25) is 0 Å². The van der Waals surface area contributed by atoms with Crippen LogP contribution in [0.1, 0.15) is 34.6 Å². The molecule has 130 valence electrons. The van der Waals surface area contributed by atoms with Crippen molar-refractivity contribution in [3.63, 3.8) is 0 Å². The van der Waals surface area contributed by atoms with Crippen LogP contribution in [0.25, 0.3) is 0 Å². The van der Waals surface area contributed by atoms with Crippen LogP contribution in [-0.2, 0) is 28.5 Å². The molecule has 0 aromatic carbocycles. The summed E-state index contributed by atoms with van der Waals surface area (Å²) in [7, 11) is 0. The highest BCUT2D eigenvalue weighted by molar-refractivity contribution is 5.93. The van der Waals surface area contributed by atoms with Gasteiger partial charge in [0.15, 0.2) is 23.6 Å². The molecule has 1 unspecified atom stereocenters. The summed E-state index contributed by atoms with van der Waals surface area (Å²) in [6.07, 6.45) is -4.25. The van der Waals surface area contributed by atoms with E-state index in [-0.39, 0.29) is 11.4 Å². The zero-order valence-corrected chi connectivity index (χ0v) is 14.1. The molecule has 1 N–H and O–H groups in total. The molecule has 0 aromatic rings. The molecule has 0 aromatic heterocycles. The zero-order valence-electron chi connectivity index (χ0n) is 14.1. The van der Waals surface area contributed by atoms with Crippen molar-refractivity contribution in [2.75, 3.05) is 0 Å². The summed E-state index contributed by atoms with van der Waals surface area (Å²) in [5, 5.41) is 10.5. The number of Topliss-reactive ketones (excluding diaryl/α,β-unsaturated/α-hetero) is 1. The molecule has 3 fully saturated rings. The van der Waals surface area contributed by atoms with Crippen molar-refractivity contribution in [2.24, 2.45) is 0 Å². The lowest BCUT2D eigenvalue weighted by molar-refractivity contribution is -0.248. The minimum atomic E-state index is -1.20. The largest absolute Gasteiger partial charge is 0.385 e. The third-order valence-electron chi connectivity index (χ3n) is 4.31. The number of ether oxygens (including phenoxy) is 5. The molecular formula is C16H24O7. The Morgan fingerprint density at radius 3 is 2.13 bits per heavy atom. The van der Waals surface area contributed by atoms with Gasteiger partial charge in [0, 0.05) is 5.57 Å². The smallest absolute Gasteiger partial charge is 0.190 e. The van der Waals surface area contributed by atoms with Gasteiger partial charge in [-0.3, -0.25) is 4.79 Å². The van der Waals surface area contributed by atoms with E-state index < -0.39 is 48.4 Å². The Balaban J connectivity index is 1.90. The van der Waals surface area contributed by atoms with Gasteiger partial charge < -0.3 is 28.8 Å². The van der Waals surface area contributed by atoms with Gasteiger partial charge in [-0.05, 0) is 34.6 Å². The summed E-state index contributed by atoms with van der Waals surface area (Å²) in [6, 6.07) is 0. The van der Waals surface area contributed by atoms with Crippen LogP contribution in [0.4, 0.5) is 0 Å². The van der Waals surface area contributed by atoms with Crippen molar-refractivity contribution in [1.29, 1.82) is 0 Å². The van der Waals surface area contributed by atoms with E-state index in [9.17, 15) is 9.90 Å². The third kappa shape index (κ3) is 2.97. The number of rotatable bonds is 3. The van der Waals surface area contributed by atoms with Gasteiger partial charge in [0.25, 0.3) is 0 Å². The van der Waals surface area contributed by atoms with Gasteiger partial charge in [-0.1, -0.05) is 6.58 Å². The van der Waals surface area contributed by atoms with E-state index in [0.29, 0.717) is 0 Å². The summed E-state index contributed by atoms with van der Waals surface area (Å²) < 4.78 is 29.3. The topological polar surface area (TPSA) is 83.5 Å². The van der Waals surface area contributed by atoms with Gasteiger partial charge in [0.1, 0.15) is 30.5 Å². The van der Waals surface area contributed by atoms with Crippen molar-refractivity contribution in [1.82, 2.24) is 0 Å². The molecule has 6 atom stereocenters. The molecule has 3 saturated heterocycles. The maximum Gasteiger partial charge on any atom is 0.190 e. The standard InChI is InChI=1S/C16H24O7/c1-7(8(2)17)9(18)10-11-12(21-15(3,4)20-11)13-14(19-10)23-16(5,6)22-13/h9-14,18H,1H2,2-6H3/t9?,10-,11+,12+,13-,14-/m1/s1. The average molecular weight is 328 g/mol. The molecule has 0 aliphatic carbocycles. The fourth-order valence-electron chi connectivity index (χ4n) is 3.30. The molecule has 3 aliphatic rings. The van der Waals surface area contributed by atoms with Crippen molar-refractivity contribution in [2.45, 2.75) is 83.0 Å². The predicted octanol–water partition coefficient (Wildman–Crippen LogP) is 0.889. The van der Waals surface area contributed by atoms with Crippen LogP contribution in [0.3, 0.4) is 0 Å². The molecule has 0 bridgehead atoms. The Labute approximate surface area is 135 Å². The number of carbonyl (C=O) groups is 1. The lowest BCUT2D eigenvalue weighted by Gasteiger charge is -2.39. The van der Waals surface area contributed by atoms with E-state index in [4.69, 9.17) is 23.7 Å². The molecule has 0 amide bonds. The Hall–Kier alpha value is -0.830. The molecule has 3 heterocycles. The highest BCUT2D eigenvalue weighted by atomic mass is 16.9. The van der Waals surface area contributed by atoms with E-state index in [2.05, 4.69) is 6.58 Å². The van der Waals surface area contributed by atoms with Gasteiger partial charge in [-0.2, -0.15) is 0 Å². The monoisotopic (exact) mass is 328 g/mol. The lowest BCUT2D eigenvalue weighted by Crippen LogP contribution is -2.59. The number of ketones is 1. The summed E-state index contributed by atoms with van der Waals surface area (Å²) in [5.41, 5.74) is 0.0682. The molecule has 0 radical (unpaired) electrons. The van der Waals surface area contributed by atoms with E-state index >= 15 is 0 Å². The van der Waals surface area contributed by atoms with E-state index in [1.807, 2.05) is 0 Å². The first kappa shape index (κ1) is 17.0. The number of aliphatic hydroxyl groups excluding tert-OH is 1. The highest BCUT2D eigenvalue weighted by Crippen LogP contribution is 2.45. The minimum absolute atomic E-state index is 0.0682. The van der Waals surface area contributed by atoms with E-state index in [1.54, 1.807) is 27.7 Å². The molecule has 3 rings (SSSR count). The summed E-state index contributed by atoms with van der Waals surface area (Å²) in [5.74, 6) is -1.98. The van der Waals surface area contributed by atoms with Gasteiger partial charge in [0.05, 0.1) is 0 Å². The number of hydrogen-bond acceptors (Lipinski definition) is 7. The number of aliphatic hydroxyl groups is 1. The second-order valence-corrected chi connectivity index (χ2v) is 7.16. The molecule has 3 aliphatic heterocycles. The second kappa shape index (κ2) is 5.34. The minimum Gasteiger partial charge on any atom is -0.385 e. The molecule has 23 heavy (non-hydrogen) atoms. The lowest BCUT2D eigenvalue weighted by atomic mass is 9.91. The molecule has 0 saturated carbocycles. The van der Waals surface area contributed by atoms with Crippen LogP contribution in [0.5, 0.6) is 0 Å². The average Bonchev–Trinajstić information content (AvgIpc) is 2.90. The van der Waals surface area contributed by atoms with E-state index in [1.165, 1.54) is 6.92 Å². The first-order valence-corrected chi connectivity index (χ1v) is 7.75. The summed E-state index contributed by atoms with van der Waals surface area (Å²) >= 11 is 0. The van der Waals surface area contributed by atoms with Crippen molar-refractivity contribution >= 4 is 5.78 Å². The van der Waals surface area contributed by atoms with Gasteiger partial charge in [0.2, 0.25) is 0 Å². The van der Waals surface area contributed by atoms with Crippen LogP contribution in [0.15, 0.2) is 12.2 Å². The fraction of sp³-hybridized carbons (Fsp3) is 0.812. The Morgan fingerprint density at radius 1 is 1.00 bits per heavy atom. The van der Waals surface area contributed by atoms with Gasteiger partial charge in [-0.25, -0.2) is 0 Å². The first-order chi connectivity index (χ1) is 10.5. The fourth-order valence-corrected chi connectivity index (χ4v) is 3.30. The van der Waals surface area contributed by atoms with Crippen molar-refractivity contribution in [3.8, 4) is 0 Å². The third-order valence-corrected chi connectivity index (χ3v) is 4.31. The Morgan fingerprint density at radius 2 is 1.52 bits per heavy atom. The molecular weight excluding hydrogens is 304 g/mol. The summed E-state index contributed by atoms with van der Waals surface area (Å²) in [6.45, 7) is 12.1. The SMILES string of the molecule is C=C(C(C)=O)C(O)[C@H]1O[C@@H]2OC(C)(C)O[C@@H]2[C@H]2OC(C)(C)O[C@H]21. The quantitative estimate of drug-likeness (QED) is 0.770. The summed E-state index contributed by atoms with van der Waals surface area (Å²) in [4.78, 5) is 11.5. The first-order valence-electron chi connectivity index (χ1n) is 7.75. The van der Waals surface area contributed by atoms with Crippen LogP contribution in [-0.4, -0.2) is 59.3 Å². The second-order valence-electron chi connectivity index (χ2n) is 7.16. The number of fused-ring (bicyclic) bond motifs is 3. The normalized spacial score (nSPS) is 41.9. The molecule has 0 spiro atoms. The van der Waals surface area contributed by atoms with Gasteiger partial charge in [-0.15, -0.1) is 0 Å². The maximum atomic E-state index is 11.5. The van der Waals surface area contributed by atoms with Gasteiger partial charge >= 0.3 is 0 Å². The van der Waals surface area contributed by atoms with Crippen molar-refractivity contribution < 1.29 is 33.6 Å². The predicted molar refractivity (Wildman–Crippen MR) is 78.4 cm³/mol. The Kier molecular flexibility index (Phi) is 3.95. The molecule has 7 heteroatoms. The zero-order chi connectivity index (χ0) is 17.2. The number of hydrogen-bond donors (Lipinski definition) is 1. The van der Waals surface area contributed by atoms with Crippen molar-refractivity contribution in [3.05, 3.63) is 12.2 Å². The van der Waals surface area contributed by atoms with E-state index in [0.717, 1.165) is 0 Å². The Bertz CT molecular complexity index is 527. The van der Waals surface area contributed by atoms with Crippen LogP contribution >= 0.6 is 0 Å². The van der Waals surface area contributed by atoms with Crippen LogP contribution in [0, 0.1) is 0 Å². The van der Waals surface area contributed by atoms with Crippen LogP contribution < -0.4 is 0 Å². The maximum absolute atomic E-state index is 11.5. The number of carbonyl (C=O) groups excluding carboxylic acids is 1. The highest BCUT2D eigenvalue weighted by Gasteiger charge is 2.62. The molecule has 7 nitrogen and oxygen atoms in total.